The number of thioether (sulfide) groups is 1. The second-order valence-electron chi connectivity index (χ2n) is 6.54. The number of carbonyl (C=O) groups is 1. The van der Waals surface area contributed by atoms with Crippen LogP contribution in [-0.2, 0) is 16.1 Å². The first-order valence-corrected chi connectivity index (χ1v) is 10.5. The molecule has 0 fully saturated rings. The molecule has 0 bridgehead atoms. The third-order valence-electron chi connectivity index (χ3n) is 4.54. The lowest BCUT2D eigenvalue weighted by atomic mass is 10.1. The Bertz CT molecular complexity index is 1210. The molecule has 0 saturated heterocycles. The lowest BCUT2D eigenvalue weighted by Gasteiger charge is -2.07. The van der Waals surface area contributed by atoms with Crippen LogP contribution < -0.4 is 9.47 Å². The predicted molar refractivity (Wildman–Crippen MR) is 117 cm³/mol. The van der Waals surface area contributed by atoms with E-state index < -0.39 is 0 Å². The van der Waals surface area contributed by atoms with E-state index in [0.29, 0.717) is 22.9 Å². The minimum Gasteiger partial charge on any atom is -0.493 e. The normalized spacial score (nSPS) is 10.8. The number of fused-ring (bicyclic) bond motifs is 1. The van der Waals surface area contributed by atoms with Gasteiger partial charge in [0.05, 0.1) is 20.0 Å². The van der Waals surface area contributed by atoms with E-state index >= 15 is 0 Å². The van der Waals surface area contributed by atoms with Crippen LogP contribution in [-0.4, -0.2) is 36.1 Å². The lowest BCUT2D eigenvalue weighted by Crippen LogP contribution is -2.07. The van der Waals surface area contributed by atoms with Crippen molar-refractivity contribution in [3.63, 3.8) is 0 Å². The summed E-state index contributed by atoms with van der Waals surface area (Å²) in [4.78, 5) is 17.4. The molecule has 0 unspecified atom stereocenters. The number of rotatable bonds is 8. The molecule has 0 atom stereocenters. The molecule has 0 radical (unpaired) electrons. The molecule has 1 aromatic heterocycles. The molecule has 4 rings (SSSR count). The van der Waals surface area contributed by atoms with E-state index in [0.717, 1.165) is 15.7 Å². The third-order valence-corrected chi connectivity index (χ3v) is 5.51. The Morgan fingerprint density at radius 2 is 1.77 bits per heavy atom. The van der Waals surface area contributed by atoms with E-state index in [2.05, 4.69) is 22.3 Å². The fourth-order valence-corrected chi connectivity index (χ4v) is 3.73. The Balaban J connectivity index is 1.32. The van der Waals surface area contributed by atoms with Crippen molar-refractivity contribution in [2.24, 2.45) is 0 Å². The molecule has 0 N–H and O–H groups in total. The van der Waals surface area contributed by atoms with Gasteiger partial charge in [-0.15, -0.1) is 11.8 Å². The van der Waals surface area contributed by atoms with Gasteiger partial charge in [-0.05, 0) is 41.1 Å². The van der Waals surface area contributed by atoms with E-state index in [1.807, 2.05) is 30.3 Å². The Morgan fingerprint density at radius 1 is 0.968 bits per heavy atom. The summed E-state index contributed by atoms with van der Waals surface area (Å²) < 4.78 is 21.0. The Labute approximate surface area is 183 Å². The zero-order valence-electron chi connectivity index (χ0n) is 17.0. The summed E-state index contributed by atoms with van der Waals surface area (Å²) in [5.41, 5.74) is 0.700. The average Bonchev–Trinajstić information content (AvgIpc) is 3.30. The molecule has 0 aliphatic carbocycles. The van der Waals surface area contributed by atoms with Crippen molar-refractivity contribution >= 4 is 28.5 Å². The van der Waals surface area contributed by atoms with Crippen molar-refractivity contribution < 1.29 is 23.5 Å². The second kappa shape index (κ2) is 9.53. The van der Waals surface area contributed by atoms with Crippen LogP contribution in [0.1, 0.15) is 5.89 Å². The van der Waals surface area contributed by atoms with Crippen LogP contribution in [0.25, 0.3) is 22.2 Å². The number of hydrogen-bond acceptors (Lipinski definition) is 8. The molecule has 158 valence electrons. The van der Waals surface area contributed by atoms with E-state index in [9.17, 15) is 4.79 Å². The summed E-state index contributed by atoms with van der Waals surface area (Å²) in [6.07, 6.45) is 0. The van der Waals surface area contributed by atoms with Crippen molar-refractivity contribution in [1.82, 2.24) is 10.1 Å². The van der Waals surface area contributed by atoms with Gasteiger partial charge in [-0.2, -0.15) is 4.98 Å². The number of ether oxygens (including phenoxy) is 3. The molecular formula is C23H20N2O5S. The number of hydrogen-bond donors (Lipinski definition) is 0. The van der Waals surface area contributed by atoms with Gasteiger partial charge < -0.3 is 18.7 Å². The first-order valence-electron chi connectivity index (χ1n) is 9.48. The highest BCUT2D eigenvalue weighted by molar-refractivity contribution is 8.00. The fourth-order valence-electron chi connectivity index (χ4n) is 2.99. The molecule has 1 heterocycles. The zero-order valence-corrected chi connectivity index (χ0v) is 17.8. The summed E-state index contributed by atoms with van der Waals surface area (Å²) in [6.45, 7) is -0.0859. The maximum Gasteiger partial charge on any atom is 0.316 e. The summed E-state index contributed by atoms with van der Waals surface area (Å²) in [7, 11) is 3.12. The van der Waals surface area contributed by atoms with E-state index in [-0.39, 0.29) is 24.2 Å². The summed E-state index contributed by atoms with van der Waals surface area (Å²) in [6, 6.07) is 19.5. The summed E-state index contributed by atoms with van der Waals surface area (Å²) in [5, 5.41) is 6.24. The zero-order chi connectivity index (χ0) is 21.6. The van der Waals surface area contributed by atoms with E-state index in [1.54, 1.807) is 32.4 Å². The molecule has 0 aliphatic rings. The number of nitrogens with zero attached hydrogens (tertiary/aromatic N) is 2. The Kier molecular flexibility index (Phi) is 6.37. The number of aromatic nitrogens is 2. The molecule has 8 heteroatoms. The van der Waals surface area contributed by atoms with Crippen LogP contribution >= 0.6 is 11.8 Å². The lowest BCUT2D eigenvalue weighted by molar-refractivity contribution is -0.142. The molecule has 0 saturated carbocycles. The Morgan fingerprint density at radius 3 is 2.58 bits per heavy atom. The summed E-state index contributed by atoms with van der Waals surface area (Å²) >= 11 is 1.42. The SMILES string of the molecule is COc1ccc(-c2noc(COC(=O)CSc3ccc4ccccc4c3)n2)cc1OC. The third kappa shape index (κ3) is 4.97. The average molecular weight is 436 g/mol. The molecule has 0 amide bonds. The highest BCUT2D eigenvalue weighted by Gasteiger charge is 2.14. The van der Waals surface area contributed by atoms with Crippen molar-refractivity contribution in [2.45, 2.75) is 11.5 Å². The van der Waals surface area contributed by atoms with Gasteiger partial charge in [-0.25, -0.2) is 0 Å². The first kappa shape index (κ1) is 20.7. The number of benzene rings is 3. The van der Waals surface area contributed by atoms with Crippen LogP contribution in [0.3, 0.4) is 0 Å². The van der Waals surface area contributed by atoms with Crippen LogP contribution in [0.5, 0.6) is 11.5 Å². The molecule has 0 spiro atoms. The minimum absolute atomic E-state index is 0.0859. The monoisotopic (exact) mass is 436 g/mol. The molecule has 31 heavy (non-hydrogen) atoms. The van der Waals surface area contributed by atoms with Gasteiger partial charge in [0.15, 0.2) is 18.1 Å². The van der Waals surface area contributed by atoms with E-state index in [1.165, 1.54) is 11.8 Å². The van der Waals surface area contributed by atoms with Crippen LogP contribution in [0.15, 0.2) is 70.1 Å². The first-order chi connectivity index (χ1) is 15.2. The van der Waals surface area contributed by atoms with Gasteiger partial charge in [0, 0.05) is 10.5 Å². The highest BCUT2D eigenvalue weighted by Crippen LogP contribution is 2.31. The number of carbonyl (C=O) groups excluding carboxylic acids is 1. The van der Waals surface area contributed by atoms with Crippen LogP contribution in [0, 0.1) is 0 Å². The number of methoxy groups -OCH3 is 2. The van der Waals surface area contributed by atoms with Crippen molar-refractivity contribution in [3.05, 3.63) is 66.6 Å². The largest absolute Gasteiger partial charge is 0.493 e. The van der Waals surface area contributed by atoms with Gasteiger partial charge >= 0.3 is 5.97 Å². The molecule has 7 nitrogen and oxygen atoms in total. The molecule has 4 aromatic rings. The van der Waals surface area contributed by atoms with Crippen molar-refractivity contribution in [3.8, 4) is 22.9 Å². The maximum atomic E-state index is 12.1. The van der Waals surface area contributed by atoms with Crippen molar-refractivity contribution in [1.29, 1.82) is 0 Å². The standard InChI is InChI=1S/C23H20N2O5S/c1-27-19-10-8-17(12-20(19)28-2)23-24-21(30-25-23)13-29-22(26)14-31-18-9-7-15-5-3-4-6-16(15)11-18/h3-12H,13-14H2,1-2H3. The predicted octanol–water partition coefficient (Wildman–Crippen LogP) is 4.74. The van der Waals surface area contributed by atoms with Crippen molar-refractivity contribution in [2.75, 3.05) is 20.0 Å². The van der Waals surface area contributed by atoms with Gasteiger partial charge in [0.25, 0.3) is 5.89 Å². The Hall–Kier alpha value is -3.52. The quantitative estimate of drug-likeness (QED) is 0.289. The van der Waals surface area contributed by atoms with E-state index in [4.69, 9.17) is 18.7 Å². The smallest absolute Gasteiger partial charge is 0.316 e. The maximum absolute atomic E-state index is 12.1. The summed E-state index contributed by atoms with van der Waals surface area (Å²) in [5.74, 6) is 1.58. The molecular weight excluding hydrogens is 416 g/mol. The molecule has 3 aromatic carbocycles. The molecule has 0 aliphatic heterocycles. The second-order valence-corrected chi connectivity index (χ2v) is 7.59. The fraction of sp³-hybridized carbons (Fsp3) is 0.174. The number of esters is 1. The van der Waals surface area contributed by atoms with Gasteiger partial charge in [-0.1, -0.05) is 35.5 Å². The topological polar surface area (TPSA) is 83.7 Å². The van der Waals surface area contributed by atoms with Gasteiger partial charge in [0.2, 0.25) is 5.82 Å². The van der Waals surface area contributed by atoms with Gasteiger partial charge in [0.1, 0.15) is 0 Å². The van der Waals surface area contributed by atoms with Gasteiger partial charge in [-0.3, -0.25) is 4.79 Å². The minimum atomic E-state index is -0.357. The van der Waals surface area contributed by atoms with Crippen LogP contribution in [0.2, 0.25) is 0 Å². The highest BCUT2D eigenvalue weighted by atomic mass is 32.2. The van der Waals surface area contributed by atoms with Crippen LogP contribution in [0.4, 0.5) is 0 Å².